The van der Waals surface area contributed by atoms with Crippen molar-refractivity contribution in [3.63, 3.8) is 0 Å². The first kappa shape index (κ1) is 17.4. The fraction of sp³-hybridized carbons (Fsp3) is 0.182. The maximum absolute atomic E-state index is 5.45. The van der Waals surface area contributed by atoms with E-state index in [1.54, 1.807) is 0 Å². The largest absolute Gasteiger partial charge is 0.454 e. The summed E-state index contributed by atoms with van der Waals surface area (Å²) < 4.78 is 12.7. The van der Waals surface area contributed by atoms with Crippen LogP contribution in [0.2, 0.25) is 0 Å². The molecule has 0 saturated heterocycles. The number of nitrogens with one attached hydrogen (secondary N) is 1. The normalized spacial score (nSPS) is 12.3. The second-order valence-electron chi connectivity index (χ2n) is 7.12. The molecule has 1 N–H and O–H groups in total. The maximum atomic E-state index is 5.45. The molecule has 2 aromatic heterocycles. The predicted molar refractivity (Wildman–Crippen MR) is 113 cm³/mol. The number of benzene rings is 2. The molecule has 3 heterocycles. The van der Waals surface area contributed by atoms with Crippen molar-refractivity contribution in [2.75, 3.05) is 31.1 Å². The Morgan fingerprint density at radius 3 is 2.83 bits per heavy atom. The molecule has 7 heteroatoms. The number of nitrogens with zero attached hydrogens (tertiary/aromatic N) is 4. The van der Waals surface area contributed by atoms with E-state index < -0.39 is 0 Å². The Hall–Kier alpha value is -3.74. The monoisotopic (exact) mass is 387 g/mol. The molecule has 0 atom stereocenters. The fourth-order valence-electron chi connectivity index (χ4n) is 3.35. The molecule has 4 aromatic rings. The van der Waals surface area contributed by atoms with Gasteiger partial charge in [0.25, 0.3) is 0 Å². The van der Waals surface area contributed by atoms with Gasteiger partial charge in [0.1, 0.15) is 5.82 Å². The summed E-state index contributed by atoms with van der Waals surface area (Å²) in [5.74, 6) is 2.35. The van der Waals surface area contributed by atoms with E-state index in [0.29, 0.717) is 6.54 Å². The second-order valence-corrected chi connectivity index (χ2v) is 7.12. The van der Waals surface area contributed by atoms with Gasteiger partial charge in [-0.1, -0.05) is 18.2 Å². The lowest BCUT2D eigenvalue weighted by Gasteiger charge is -2.13. The highest BCUT2D eigenvalue weighted by molar-refractivity contribution is 5.68. The van der Waals surface area contributed by atoms with E-state index in [9.17, 15) is 0 Å². The maximum Gasteiger partial charge on any atom is 0.231 e. The molecule has 0 aliphatic carbocycles. The minimum atomic E-state index is 0.281. The van der Waals surface area contributed by atoms with Gasteiger partial charge in [0, 0.05) is 31.9 Å². The Morgan fingerprint density at radius 2 is 1.93 bits per heavy atom. The van der Waals surface area contributed by atoms with Gasteiger partial charge in [-0.2, -0.15) is 0 Å². The summed E-state index contributed by atoms with van der Waals surface area (Å²) in [4.78, 5) is 6.58. The summed E-state index contributed by atoms with van der Waals surface area (Å²) in [6, 6.07) is 18.2. The molecule has 29 heavy (non-hydrogen) atoms. The van der Waals surface area contributed by atoms with Gasteiger partial charge in [-0.25, -0.2) is 9.50 Å². The summed E-state index contributed by atoms with van der Waals surface area (Å²) in [5, 5.41) is 8.13. The molecule has 0 spiro atoms. The molecule has 5 rings (SSSR count). The molecule has 0 radical (unpaired) electrons. The Labute approximate surface area is 168 Å². The molecule has 7 nitrogen and oxygen atoms in total. The molecule has 0 saturated carbocycles. The molecule has 1 aliphatic rings. The van der Waals surface area contributed by atoms with Crippen molar-refractivity contribution >= 4 is 17.2 Å². The standard InChI is InChI=1S/C22H21N5O2/c1-26(2)17-5-3-4-16(11-17)18-13-24-22-9-8-21(25-27(18)22)23-12-15-6-7-19-20(10-15)29-14-28-19/h3-11,13H,12,14H2,1-2H3,(H,23,25). The Morgan fingerprint density at radius 1 is 1.03 bits per heavy atom. The molecule has 0 bridgehead atoms. The van der Waals surface area contributed by atoms with Crippen LogP contribution in [0.4, 0.5) is 11.5 Å². The van der Waals surface area contributed by atoms with E-state index in [1.165, 1.54) is 0 Å². The van der Waals surface area contributed by atoms with Crippen molar-refractivity contribution in [2.45, 2.75) is 6.54 Å². The quantitative estimate of drug-likeness (QED) is 0.562. The number of hydrogen-bond donors (Lipinski definition) is 1. The zero-order valence-corrected chi connectivity index (χ0v) is 16.3. The summed E-state index contributed by atoms with van der Waals surface area (Å²) in [6.45, 7) is 0.915. The summed E-state index contributed by atoms with van der Waals surface area (Å²) in [6.07, 6.45) is 1.86. The molecular formula is C22H21N5O2. The first-order chi connectivity index (χ1) is 14.2. The number of anilines is 2. The van der Waals surface area contributed by atoms with E-state index in [2.05, 4.69) is 33.4 Å². The van der Waals surface area contributed by atoms with Crippen LogP contribution in [0.5, 0.6) is 11.5 Å². The van der Waals surface area contributed by atoms with E-state index in [0.717, 1.165) is 45.5 Å². The summed E-state index contributed by atoms with van der Waals surface area (Å²) in [7, 11) is 4.06. The van der Waals surface area contributed by atoms with Crippen molar-refractivity contribution in [3.05, 3.63) is 66.4 Å². The van der Waals surface area contributed by atoms with Gasteiger partial charge < -0.3 is 19.7 Å². The van der Waals surface area contributed by atoms with Gasteiger partial charge in [0.05, 0.1) is 11.9 Å². The van der Waals surface area contributed by atoms with Crippen LogP contribution in [-0.4, -0.2) is 35.5 Å². The first-order valence-corrected chi connectivity index (χ1v) is 9.42. The number of fused-ring (bicyclic) bond motifs is 2. The van der Waals surface area contributed by atoms with Gasteiger partial charge in [0.15, 0.2) is 17.1 Å². The third-order valence-electron chi connectivity index (χ3n) is 4.93. The highest BCUT2D eigenvalue weighted by Crippen LogP contribution is 2.32. The molecule has 0 unspecified atom stereocenters. The Kier molecular flexibility index (Phi) is 4.20. The lowest BCUT2D eigenvalue weighted by Crippen LogP contribution is -2.08. The second kappa shape index (κ2) is 7.01. The number of aromatic nitrogens is 3. The lowest BCUT2D eigenvalue weighted by atomic mass is 10.1. The van der Waals surface area contributed by atoms with Crippen LogP contribution in [-0.2, 0) is 6.54 Å². The van der Waals surface area contributed by atoms with Crippen LogP contribution in [0.3, 0.4) is 0 Å². The number of hydrogen-bond acceptors (Lipinski definition) is 6. The van der Waals surface area contributed by atoms with Crippen LogP contribution in [0, 0.1) is 0 Å². The lowest BCUT2D eigenvalue weighted by molar-refractivity contribution is 0.174. The van der Waals surface area contributed by atoms with Gasteiger partial charge in [-0.05, 0) is 42.0 Å². The van der Waals surface area contributed by atoms with Gasteiger partial charge >= 0.3 is 0 Å². The van der Waals surface area contributed by atoms with Crippen molar-refractivity contribution < 1.29 is 9.47 Å². The van der Waals surface area contributed by atoms with Crippen LogP contribution < -0.4 is 19.7 Å². The average molecular weight is 387 g/mol. The van der Waals surface area contributed by atoms with Gasteiger partial charge in [-0.3, -0.25) is 0 Å². The smallest absolute Gasteiger partial charge is 0.231 e. The van der Waals surface area contributed by atoms with Crippen molar-refractivity contribution in [1.29, 1.82) is 0 Å². The van der Waals surface area contributed by atoms with Crippen molar-refractivity contribution in [1.82, 2.24) is 14.6 Å². The molecule has 0 fully saturated rings. The van der Waals surface area contributed by atoms with Crippen LogP contribution in [0.15, 0.2) is 60.8 Å². The van der Waals surface area contributed by atoms with Gasteiger partial charge in [-0.15, -0.1) is 5.10 Å². The third kappa shape index (κ3) is 3.31. The summed E-state index contributed by atoms with van der Waals surface area (Å²) >= 11 is 0. The number of imidazole rings is 1. The van der Waals surface area contributed by atoms with Crippen molar-refractivity contribution in [3.8, 4) is 22.8 Å². The third-order valence-corrected chi connectivity index (χ3v) is 4.93. The Bertz CT molecular complexity index is 1190. The van der Waals surface area contributed by atoms with Crippen molar-refractivity contribution in [2.24, 2.45) is 0 Å². The molecule has 2 aromatic carbocycles. The highest BCUT2D eigenvalue weighted by atomic mass is 16.7. The molecule has 0 amide bonds. The average Bonchev–Trinajstić information content (AvgIpc) is 3.38. The zero-order valence-electron chi connectivity index (χ0n) is 16.3. The van der Waals surface area contributed by atoms with Crippen LogP contribution in [0.25, 0.3) is 16.9 Å². The van der Waals surface area contributed by atoms with Crippen LogP contribution >= 0.6 is 0 Å². The van der Waals surface area contributed by atoms with E-state index >= 15 is 0 Å². The predicted octanol–water partition coefficient (Wildman–Crippen LogP) is 3.80. The minimum Gasteiger partial charge on any atom is -0.454 e. The van der Waals surface area contributed by atoms with Crippen LogP contribution in [0.1, 0.15) is 5.56 Å². The number of rotatable bonds is 5. The minimum absolute atomic E-state index is 0.281. The van der Waals surface area contributed by atoms with Gasteiger partial charge in [0.2, 0.25) is 6.79 Å². The SMILES string of the molecule is CN(C)c1cccc(-c2cnc3ccc(NCc4ccc5c(c4)OCO5)nn23)c1. The molecule has 1 aliphatic heterocycles. The fourth-order valence-corrected chi connectivity index (χ4v) is 3.35. The van der Waals surface area contributed by atoms with E-state index in [4.69, 9.17) is 14.6 Å². The number of ether oxygens (including phenoxy) is 2. The topological polar surface area (TPSA) is 63.9 Å². The van der Waals surface area contributed by atoms with E-state index in [1.807, 2.05) is 61.2 Å². The first-order valence-electron chi connectivity index (χ1n) is 9.42. The molecule has 146 valence electrons. The Balaban J connectivity index is 1.41. The summed E-state index contributed by atoms with van der Waals surface area (Å²) in [5.41, 5.74) is 5.07. The highest BCUT2D eigenvalue weighted by Gasteiger charge is 2.13. The zero-order chi connectivity index (χ0) is 19.8. The van der Waals surface area contributed by atoms with E-state index in [-0.39, 0.29) is 6.79 Å². The molecular weight excluding hydrogens is 366 g/mol.